The van der Waals surface area contributed by atoms with Crippen LogP contribution in [0.15, 0.2) is 126 Å². The maximum absolute atomic E-state index is 2.55. The predicted molar refractivity (Wildman–Crippen MR) is 142 cm³/mol. The summed E-state index contributed by atoms with van der Waals surface area (Å²) in [6.45, 7) is 5.09. The molecule has 0 bridgehead atoms. The first-order valence-corrected chi connectivity index (χ1v) is 15.6. The summed E-state index contributed by atoms with van der Waals surface area (Å²) in [6.07, 6.45) is 0. The molecule has 0 aromatic heterocycles. The molecular weight excluding hydrogens is 419 g/mol. The van der Waals surface area contributed by atoms with Crippen LogP contribution in [-0.4, -0.2) is 8.07 Å². The summed E-state index contributed by atoms with van der Waals surface area (Å²) in [6, 6.07) is 42.5. The van der Waals surface area contributed by atoms with Crippen LogP contribution < -0.4 is 10.6 Å². The normalized spacial score (nSPS) is 18.6. The number of hydrogen-bond donors (Lipinski definition) is 0. The molecule has 2 aliphatic heterocycles. The third kappa shape index (κ3) is 2.85. The molecule has 6 rings (SSSR count). The molecule has 0 N–H and O–H groups in total. The summed E-state index contributed by atoms with van der Waals surface area (Å²) in [7, 11) is -2.38. The van der Waals surface area contributed by atoms with Gasteiger partial charge in [-0.2, -0.15) is 0 Å². The van der Waals surface area contributed by atoms with Crippen LogP contribution in [0.25, 0.3) is 10.8 Å². The third-order valence-corrected chi connectivity index (χ3v) is 13.3. The lowest BCUT2D eigenvalue weighted by molar-refractivity contribution is 1.47. The minimum atomic E-state index is -1.80. The van der Waals surface area contributed by atoms with E-state index in [-0.39, 0.29) is 0 Å². The van der Waals surface area contributed by atoms with E-state index >= 15 is 0 Å². The van der Waals surface area contributed by atoms with Gasteiger partial charge in [-0.05, 0) is 56.5 Å². The number of allylic oxidation sites excluding steroid dienone is 2. The lowest BCUT2D eigenvalue weighted by Crippen LogP contribution is -2.46. The van der Waals surface area contributed by atoms with E-state index in [0.29, 0.717) is 0 Å². The number of hydrogen-bond acceptors (Lipinski definition) is 0. The Morgan fingerprint density at radius 1 is 0.531 bits per heavy atom. The molecule has 0 saturated carbocycles. The zero-order valence-electron chi connectivity index (χ0n) is 18.4. The van der Waals surface area contributed by atoms with Crippen LogP contribution >= 0.6 is 7.92 Å². The first-order valence-electron chi connectivity index (χ1n) is 11.2. The SMILES string of the molecule is C[Si]1(C)C2=C(c3ccccc3)c3ccccc3P(c3ccccc3)C2=C1c1ccccc1. The molecule has 0 aliphatic carbocycles. The quantitative estimate of drug-likeness (QED) is 0.233. The second-order valence-corrected chi connectivity index (χ2v) is 15.4. The van der Waals surface area contributed by atoms with E-state index in [1.165, 1.54) is 32.9 Å². The molecular formula is C30H25PSi. The van der Waals surface area contributed by atoms with Gasteiger partial charge in [0.25, 0.3) is 0 Å². The molecule has 0 spiro atoms. The Bertz CT molecular complexity index is 1370. The zero-order valence-corrected chi connectivity index (χ0v) is 20.3. The van der Waals surface area contributed by atoms with Gasteiger partial charge in [-0.25, -0.2) is 0 Å². The number of benzene rings is 4. The average molecular weight is 445 g/mol. The monoisotopic (exact) mass is 444 g/mol. The Balaban J connectivity index is 1.74. The van der Waals surface area contributed by atoms with Crippen molar-refractivity contribution in [3.05, 3.63) is 142 Å². The first kappa shape index (κ1) is 19.7. The van der Waals surface area contributed by atoms with Gasteiger partial charge in [0.05, 0.1) is 0 Å². The van der Waals surface area contributed by atoms with Gasteiger partial charge in [-0.1, -0.05) is 128 Å². The van der Waals surface area contributed by atoms with Crippen LogP contribution in [-0.2, 0) is 0 Å². The molecule has 0 fully saturated rings. The molecule has 0 nitrogen and oxygen atoms in total. The van der Waals surface area contributed by atoms with Crippen molar-refractivity contribution >= 4 is 37.4 Å². The fourth-order valence-corrected chi connectivity index (χ4v) is 13.7. The molecule has 1 unspecified atom stereocenters. The van der Waals surface area contributed by atoms with Crippen molar-refractivity contribution in [2.45, 2.75) is 13.1 Å². The van der Waals surface area contributed by atoms with Gasteiger partial charge in [-0.15, -0.1) is 0 Å². The molecule has 0 amide bonds. The Morgan fingerprint density at radius 3 is 1.72 bits per heavy atom. The van der Waals surface area contributed by atoms with Gasteiger partial charge in [0.1, 0.15) is 8.07 Å². The Hall–Kier alpha value is -2.99. The number of rotatable bonds is 3. The highest BCUT2D eigenvalue weighted by atomic mass is 31.1. The van der Waals surface area contributed by atoms with Gasteiger partial charge in [-0.3, -0.25) is 0 Å². The van der Waals surface area contributed by atoms with E-state index in [9.17, 15) is 0 Å². The van der Waals surface area contributed by atoms with Crippen molar-refractivity contribution in [1.29, 1.82) is 0 Å². The van der Waals surface area contributed by atoms with Crippen LogP contribution in [0, 0.1) is 0 Å². The summed E-state index contributed by atoms with van der Waals surface area (Å²) in [4.78, 5) is 0. The Morgan fingerprint density at radius 2 is 1.06 bits per heavy atom. The van der Waals surface area contributed by atoms with Crippen LogP contribution in [0.3, 0.4) is 0 Å². The van der Waals surface area contributed by atoms with Crippen LogP contribution in [0.5, 0.6) is 0 Å². The van der Waals surface area contributed by atoms with Crippen molar-refractivity contribution < 1.29 is 0 Å². The smallest absolute Gasteiger partial charge is 0.0622 e. The number of fused-ring (bicyclic) bond motifs is 2. The van der Waals surface area contributed by atoms with E-state index in [1.807, 2.05) is 0 Å². The summed E-state index contributed by atoms with van der Waals surface area (Å²) >= 11 is 0. The van der Waals surface area contributed by atoms with Crippen molar-refractivity contribution in [1.82, 2.24) is 0 Å². The Labute approximate surface area is 192 Å². The van der Waals surface area contributed by atoms with E-state index in [4.69, 9.17) is 0 Å². The van der Waals surface area contributed by atoms with Crippen LogP contribution in [0.4, 0.5) is 0 Å². The molecule has 154 valence electrons. The van der Waals surface area contributed by atoms with Gasteiger partial charge in [0.15, 0.2) is 0 Å². The van der Waals surface area contributed by atoms with E-state index in [1.54, 1.807) is 15.7 Å². The van der Waals surface area contributed by atoms with E-state index < -0.39 is 16.0 Å². The standard InChI is InChI=1S/C30H25PSi/c1-32(2)29(23-16-8-4-9-17-23)28-30(32)27(22-14-6-3-7-15-22)25-20-12-13-21-26(25)31(28)24-18-10-5-11-19-24/h3-21H,1-2H3. The first-order chi connectivity index (χ1) is 15.7. The van der Waals surface area contributed by atoms with Crippen molar-refractivity contribution in [2.24, 2.45) is 0 Å². The van der Waals surface area contributed by atoms with Gasteiger partial charge >= 0.3 is 0 Å². The molecule has 0 saturated heterocycles. The largest absolute Gasteiger partial charge is 0.115 e. The van der Waals surface area contributed by atoms with E-state index in [0.717, 1.165) is 0 Å². The van der Waals surface area contributed by atoms with Crippen LogP contribution in [0.1, 0.15) is 16.7 Å². The minimum absolute atomic E-state index is 0.578. The van der Waals surface area contributed by atoms with Crippen molar-refractivity contribution in [3.63, 3.8) is 0 Å². The maximum Gasteiger partial charge on any atom is 0.115 e. The Kier molecular flexibility index (Phi) is 4.64. The average Bonchev–Trinajstić information content (AvgIpc) is 2.84. The maximum atomic E-state index is 2.55. The topological polar surface area (TPSA) is 0 Å². The molecule has 4 aromatic rings. The second kappa shape index (κ2) is 7.55. The summed E-state index contributed by atoms with van der Waals surface area (Å²) in [5, 5.41) is 7.87. The predicted octanol–water partition coefficient (Wildman–Crippen LogP) is 7.15. The fourth-order valence-electron chi connectivity index (χ4n) is 5.42. The van der Waals surface area contributed by atoms with Gasteiger partial charge in [0.2, 0.25) is 0 Å². The summed E-state index contributed by atoms with van der Waals surface area (Å²) < 4.78 is 0. The van der Waals surface area contributed by atoms with Crippen LogP contribution in [0.2, 0.25) is 13.1 Å². The lowest BCUT2D eigenvalue weighted by Gasteiger charge is -2.50. The molecule has 4 aromatic carbocycles. The molecule has 1 atom stereocenters. The highest BCUT2D eigenvalue weighted by Gasteiger charge is 2.51. The van der Waals surface area contributed by atoms with Gasteiger partial charge in [0, 0.05) is 0 Å². The fraction of sp³-hybridized carbons (Fsp3) is 0.0667. The molecule has 2 heterocycles. The summed E-state index contributed by atoms with van der Waals surface area (Å²) in [5.41, 5.74) is 5.67. The van der Waals surface area contributed by atoms with Gasteiger partial charge < -0.3 is 0 Å². The minimum Gasteiger partial charge on any atom is -0.0622 e. The zero-order chi connectivity index (χ0) is 21.7. The summed E-state index contributed by atoms with van der Waals surface area (Å²) in [5.74, 6) is 0. The molecule has 32 heavy (non-hydrogen) atoms. The molecule has 2 aliphatic rings. The molecule has 0 radical (unpaired) electrons. The van der Waals surface area contributed by atoms with Crippen molar-refractivity contribution in [2.75, 3.05) is 0 Å². The second-order valence-electron chi connectivity index (χ2n) is 9.02. The third-order valence-electron chi connectivity index (χ3n) is 6.75. The highest BCUT2D eigenvalue weighted by Crippen LogP contribution is 2.66. The molecule has 2 heteroatoms. The highest BCUT2D eigenvalue weighted by molar-refractivity contribution is 7.78. The van der Waals surface area contributed by atoms with Crippen molar-refractivity contribution in [3.8, 4) is 0 Å². The lowest BCUT2D eigenvalue weighted by atomic mass is 9.96. The van der Waals surface area contributed by atoms with E-state index in [2.05, 4.69) is 128 Å².